The molecule has 0 aliphatic rings. The van der Waals surface area contributed by atoms with Crippen molar-refractivity contribution in [2.75, 3.05) is 0 Å². The van der Waals surface area contributed by atoms with Gasteiger partial charge in [0.25, 0.3) is 10.1 Å². The van der Waals surface area contributed by atoms with Crippen molar-refractivity contribution in [3.05, 3.63) is 28.8 Å². The van der Waals surface area contributed by atoms with Crippen molar-refractivity contribution in [1.29, 1.82) is 0 Å². The SMILES string of the molecule is CCc1c(F)c(F)c(F)c(F)c1S(=O)(=O)O. The summed E-state index contributed by atoms with van der Waals surface area (Å²) in [6, 6.07) is 0. The molecule has 0 aliphatic carbocycles. The maximum Gasteiger partial charge on any atom is 0.297 e. The van der Waals surface area contributed by atoms with E-state index in [1.54, 1.807) is 0 Å². The molecule has 0 spiro atoms. The molecule has 8 heteroatoms. The number of hydrogen-bond acceptors (Lipinski definition) is 2. The minimum atomic E-state index is -5.16. The van der Waals surface area contributed by atoms with Crippen LogP contribution in [0.3, 0.4) is 0 Å². The van der Waals surface area contributed by atoms with Gasteiger partial charge < -0.3 is 0 Å². The standard InChI is InChI=1S/C8H6F4O3S/c1-2-3-4(9)5(10)6(11)7(12)8(3)16(13,14)15/h2H2,1H3,(H,13,14,15). The molecule has 0 heterocycles. The van der Waals surface area contributed by atoms with Crippen LogP contribution < -0.4 is 0 Å². The third-order valence-electron chi connectivity index (χ3n) is 1.93. The summed E-state index contributed by atoms with van der Waals surface area (Å²) in [5, 5.41) is 0. The second kappa shape index (κ2) is 4.02. The van der Waals surface area contributed by atoms with E-state index in [0.717, 1.165) is 0 Å². The Kier molecular flexibility index (Phi) is 3.25. The van der Waals surface area contributed by atoms with Crippen molar-refractivity contribution >= 4 is 10.1 Å². The lowest BCUT2D eigenvalue weighted by Crippen LogP contribution is -2.12. The van der Waals surface area contributed by atoms with Crippen LogP contribution >= 0.6 is 0 Å². The Morgan fingerprint density at radius 2 is 1.44 bits per heavy atom. The van der Waals surface area contributed by atoms with Crippen LogP contribution in [0.2, 0.25) is 0 Å². The van der Waals surface area contributed by atoms with Gasteiger partial charge in [-0.1, -0.05) is 6.92 Å². The van der Waals surface area contributed by atoms with Crippen LogP contribution in [0.1, 0.15) is 12.5 Å². The van der Waals surface area contributed by atoms with Gasteiger partial charge in [0.15, 0.2) is 23.3 Å². The van der Waals surface area contributed by atoms with E-state index < -0.39 is 50.3 Å². The first-order chi connectivity index (χ1) is 7.21. The van der Waals surface area contributed by atoms with Crippen LogP contribution in [-0.2, 0) is 16.5 Å². The van der Waals surface area contributed by atoms with E-state index in [9.17, 15) is 26.0 Å². The molecule has 1 rings (SSSR count). The van der Waals surface area contributed by atoms with E-state index in [1.165, 1.54) is 6.92 Å². The van der Waals surface area contributed by atoms with Crippen molar-refractivity contribution in [2.24, 2.45) is 0 Å². The summed E-state index contributed by atoms with van der Waals surface area (Å²) in [5.41, 5.74) is -0.932. The number of hydrogen-bond donors (Lipinski definition) is 1. The van der Waals surface area contributed by atoms with Crippen LogP contribution in [0.5, 0.6) is 0 Å². The molecule has 0 saturated carbocycles. The van der Waals surface area contributed by atoms with E-state index in [4.69, 9.17) is 4.55 Å². The Bertz CT molecular complexity index is 539. The van der Waals surface area contributed by atoms with Crippen molar-refractivity contribution in [1.82, 2.24) is 0 Å². The van der Waals surface area contributed by atoms with Gasteiger partial charge in [0.05, 0.1) is 0 Å². The third kappa shape index (κ3) is 1.90. The highest BCUT2D eigenvalue weighted by Gasteiger charge is 2.30. The monoisotopic (exact) mass is 258 g/mol. The predicted octanol–water partition coefficient (Wildman–Crippen LogP) is 2.05. The second-order valence-electron chi connectivity index (χ2n) is 2.89. The van der Waals surface area contributed by atoms with Crippen LogP contribution in [0, 0.1) is 23.3 Å². The molecule has 0 radical (unpaired) electrons. The Hall–Kier alpha value is -1.15. The molecule has 0 saturated heterocycles. The summed E-state index contributed by atoms with van der Waals surface area (Å²) in [6.07, 6.45) is -0.422. The topological polar surface area (TPSA) is 54.4 Å². The quantitative estimate of drug-likeness (QED) is 0.382. The van der Waals surface area contributed by atoms with E-state index in [2.05, 4.69) is 0 Å². The Labute approximate surface area is 88.5 Å². The first-order valence-electron chi connectivity index (χ1n) is 4.04. The Balaban J connectivity index is 3.87. The molecule has 90 valence electrons. The number of rotatable bonds is 2. The first kappa shape index (κ1) is 12.9. The summed E-state index contributed by atoms with van der Waals surface area (Å²) in [6.45, 7) is 1.20. The predicted molar refractivity (Wildman–Crippen MR) is 45.5 cm³/mol. The fourth-order valence-corrected chi connectivity index (χ4v) is 2.10. The third-order valence-corrected chi connectivity index (χ3v) is 2.87. The fourth-order valence-electron chi connectivity index (χ4n) is 1.24. The van der Waals surface area contributed by atoms with Gasteiger partial charge >= 0.3 is 0 Å². The molecular formula is C8H6F4O3S. The first-order valence-corrected chi connectivity index (χ1v) is 5.48. The molecule has 0 bridgehead atoms. The van der Waals surface area contributed by atoms with Gasteiger partial charge in [-0.2, -0.15) is 8.42 Å². The summed E-state index contributed by atoms with van der Waals surface area (Å²) in [4.78, 5) is -1.56. The second-order valence-corrected chi connectivity index (χ2v) is 4.25. The van der Waals surface area contributed by atoms with Crippen LogP contribution in [0.15, 0.2) is 4.90 Å². The van der Waals surface area contributed by atoms with Gasteiger partial charge in [0.2, 0.25) is 0 Å². The van der Waals surface area contributed by atoms with Gasteiger partial charge in [0, 0.05) is 5.56 Å². The summed E-state index contributed by atoms with van der Waals surface area (Å²) < 4.78 is 81.6. The van der Waals surface area contributed by atoms with Gasteiger partial charge in [0.1, 0.15) is 4.90 Å². The molecule has 16 heavy (non-hydrogen) atoms. The molecule has 0 aromatic heterocycles. The van der Waals surface area contributed by atoms with E-state index in [1.807, 2.05) is 0 Å². The lowest BCUT2D eigenvalue weighted by molar-refractivity contribution is 0.384. The average molecular weight is 258 g/mol. The zero-order valence-corrected chi connectivity index (χ0v) is 8.71. The highest BCUT2D eigenvalue weighted by atomic mass is 32.2. The van der Waals surface area contributed by atoms with Crippen molar-refractivity contribution < 1.29 is 30.5 Å². The van der Waals surface area contributed by atoms with E-state index in [0.29, 0.717) is 0 Å². The summed E-state index contributed by atoms with van der Waals surface area (Å²) >= 11 is 0. The highest BCUT2D eigenvalue weighted by molar-refractivity contribution is 7.85. The minimum Gasteiger partial charge on any atom is -0.282 e. The molecule has 3 nitrogen and oxygen atoms in total. The number of benzene rings is 1. The Morgan fingerprint density at radius 1 is 1.00 bits per heavy atom. The average Bonchev–Trinajstić information content (AvgIpc) is 2.18. The molecule has 1 N–H and O–H groups in total. The smallest absolute Gasteiger partial charge is 0.282 e. The molecule has 1 aromatic rings. The molecule has 0 unspecified atom stereocenters. The van der Waals surface area contributed by atoms with E-state index in [-0.39, 0.29) is 0 Å². The van der Waals surface area contributed by atoms with E-state index >= 15 is 0 Å². The van der Waals surface area contributed by atoms with Crippen LogP contribution in [0.4, 0.5) is 17.6 Å². The number of halogens is 4. The highest BCUT2D eigenvalue weighted by Crippen LogP contribution is 2.27. The maximum atomic E-state index is 13.1. The molecule has 0 atom stereocenters. The lowest BCUT2D eigenvalue weighted by Gasteiger charge is -2.09. The molecule has 1 aromatic carbocycles. The minimum absolute atomic E-state index is 0.422. The normalized spacial score (nSPS) is 11.9. The zero-order chi connectivity index (χ0) is 12.7. The van der Waals surface area contributed by atoms with Gasteiger partial charge in [-0.25, -0.2) is 17.6 Å². The summed E-state index contributed by atoms with van der Waals surface area (Å²) in [5.74, 6) is -8.34. The van der Waals surface area contributed by atoms with Crippen LogP contribution in [0.25, 0.3) is 0 Å². The van der Waals surface area contributed by atoms with Gasteiger partial charge in [-0.15, -0.1) is 0 Å². The van der Waals surface area contributed by atoms with Crippen molar-refractivity contribution in [2.45, 2.75) is 18.2 Å². The molecule has 0 fully saturated rings. The molecule has 0 aliphatic heterocycles. The summed E-state index contributed by atoms with van der Waals surface area (Å²) in [7, 11) is -5.16. The largest absolute Gasteiger partial charge is 0.297 e. The Morgan fingerprint density at radius 3 is 1.81 bits per heavy atom. The van der Waals surface area contributed by atoms with Gasteiger partial charge in [-0.05, 0) is 6.42 Å². The zero-order valence-electron chi connectivity index (χ0n) is 7.89. The lowest BCUT2D eigenvalue weighted by atomic mass is 10.1. The van der Waals surface area contributed by atoms with Gasteiger partial charge in [-0.3, -0.25) is 4.55 Å². The van der Waals surface area contributed by atoms with Crippen LogP contribution in [-0.4, -0.2) is 13.0 Å². The molecule has 0 amide bonds. The van der Waals surface area contributed by atoms with Crippen molar-refractivity contribution in [3.8, 4) is 0 Å². The van der Waals surface area contributed by atoms with Crippen molar-refractivity contribution in [3.63, 3.8) is 0 Å². The fraction of sp³-hybridized carbons (Fsp3) is 0.250. The molecular weight excluding hydrogens is 252 g/mol. The maximum absolute atomic E-state index is 13.1.